The summed E-state index contributed by atoms with van der Waals surface area (Å²) in [4.78, 5) is 24.8. The number of hydrogen-bond donors (Lipinski definition) is 1. The number of hydrogen-bond acceptors (Lipinski definition) is 2. The molecule has 20 heavy (non-hydrogen) atoms. The van der Waals surface area contributed by atoms with E-state index in [-0.39, 0.29) is 21.1 Å². The van der Waals surface area contributed by atoms with E-state index in [1.165, 1.54) is 24.0 Å². The largest absolute Gasteiger partial charge is 0.480 e. The summed E-state index contributed by atoms with van der Waals surface area (Å²) < 4.78 is 14.1. The molecule has 0 heterocycles. The second-order valence-corrected chi connectivity index (χ2v) is 6.00. The molecule has 7 heteroatoms. The molecule has 0 saturated heterocycles. The summed E-state index contributed by atoms with van der Waals surface area (Å²) in [5.74, 6) is -2.50. The van der Waals surface area contributed by atoms with Gasteiger partial charge < -0.3 is 10.0 Å². The van der Waals surface area contributed by atoms with Crippen molar-refractivity contribution in [1.29, 1.82) is 0 Å². The van der Waals surface area contributed by atoms with Gasteiger partial charge in [0.05, 0.1) is 10.0 Å². The van der Waals surface area contributed by atoms with Gasteiger partial charge in [-0.25, -0.2) is 9.18 Å². The molecule has 1 N–H and O–H groups in total. The zero-order valence-electron chi connectivity index (χ0n) is 10.6. The molecular formula is C13H12BrClFNO3. The molecule has 0 bridgehead atoms. The highest BCUT2D eigenvalue weighted by molar-refractivity contribution is 9.10. The lowest BCUT2D eigenvalue weighted by Gasteiger charge is -2.26. The van der Waals surface area contributed by atoms with Crippen molar-refractivity contribution in [3.05, 3.63) is 33.0 Å². The Balaban J connectivity index is 2.40. The predicted octanol–water partition coefficient (Wildman–Crippen LogP) is 3.32. The van der Waals surface area contributed by atoms with Gasteiger partial charge in [-0.3, -0.25) is 4.79 Å². The molecule has 1 fully saturated rings. The summed E-state index contributed by atoms with van der Waals surface area (Å²) in [7, 11) is 0. The molecule has 0 radical (unpaired) electrons. The number of carboxylic acid groups (broad SMARTS) is 1. The van der Waals surface area contributed by atoms with Gasteiger partial charge >= 0.3 is 5.97 Å². The molecule has 0 aromatic heterocycles. The Kier molecular flexibility index (Phi) is 4.34. The lowest BCUT2D eigenvalue weighted by molar-refractivity contribution is -0.141. The molecule has 1 unspecified atom stereocenters. The fourth-order valence-electron chi connectivity index (χ4n) is 1.98. The zero-order valence-corrected chi connectivity index (χ0v) is 12.9. The molecule has 0 spiro atoms. The Morgan fingerprint density at radius 1 is 1.50 bits per heavy atom. The maximum absolute atomic E-state index is 14.0. The number of aliphatic carboxylic acids is 1. The van der Waals surface area contributed by atoms with E-state index in [4.69, 9.17) is 16.7 Å². The summed E-state index contributed by atoms with van der Waals surface area (Å²) >= 11 is 8.81. The topological polar surface area (TPSA) is 57.6 Å². The molecule has 1 aliphatic rings. The molecule has 1 aromatic rings. The third-order valence-corrected chi connectivity index (χ3v) is 3.97. The van der Waals surface area contributed by atoms with Crippen molar-refractivity contribution in [2.24, 2.45) is 0 Å². The molecule has 1 aromatic carbocycles. The lowest BCUT2D eigenvalue weighted by Crippen LogP contribution is -2.45. The minimum atomic E-state index is -1.12. The lowest BCUT2D eigenvalue weighted by atomic mass is 10.1. The number of benzene rings is 1. The van der Waals surface area contributed by atoms with Crippen LogP contribution in [0.25, 0.3) is 0 Å². The average Bonchev–Trinajstić information content (AvgIpc) is 3.18. The van der Waals surface area contributed by atoms with Gasteiger partial charge in [0.15, 0.2) is 0 Å². The first-order chi connectivity index (χ1) is 9.32. The van der Waals surface area contributed by atoms with Gasteiger partial charge in [0.25, 0.3) is 5.91 Å². The fraction of sp³-hybridized carbons (Fsp3) is 0.385. The predicted molar refractivity (Wildman–Crippen MR) is 75.4 cm³/mol. The van der Waals surface area contributed by atoms with Crippen LogP contribution in [0, 0.1) is 5.82 Å². The third-order valence-electron chi connectivity index (χ3n) is 3.17. The maximum Gasteiger partial charge on any atom is 0.326 e. The Morgan fingerprint density at radius 3 is 2.60 bits per heavy atom. The van der Waals surface area contributed by atoms with Gasteiger partial charge in [0.2, 0.25) is 0 Å². The molecule has 4 nitrogen and oxygen atoms in total. The summed E-state index contributed by atoms with van der Waals surface area (Å²) in [6.07, 6.45) is 1.46. The van der Waals surface area contributed by atoms with E-state index in [0.717, 1.165) is 12.8 Å². The Bertz CT molecular complexity index is 577. The van der Waals surface area contributed by atoms with Crippen LogP contribution in [-0.2, 0) is 4.79 Å². The van der Waals surface area contributed by atoms with Crippen LogP contribution in [-0.4, -0.2) is 34.0 Å². The van der Waals surface area contributed by atoms with Crippen LogP contribution >= 0.6 is 27.5 Å². The molecular weight excluding hydrogens is 353 g/mol. The second kappa shape index (κ2) is 5.69. The Labute approximate surface area is 128 Å². The van der Waals surface area contributed by atoms with Crippen molar-refractivity contribution in [2.45, 2.75) is 31.8 Å². The third kappa shape index (κ3) is 2.96. The normalized spacial score (nSPS) is 15.8. The molecule has 108 valence electrons. The smallest absolute Gasteiger partial charge is 0.326 e. The van der Waals surface area contributed by atoms with Crippen LogP contribution in [0.4, 0.5) is 4.39 Å². The van der Waals surface area contributed by atoms with Gasteiger partial charge in [-0.1, -0.05) is 11.6 Å². The van der Waals surface area contributed by atoms with Crippen molar-refractivity contribution in [1.82, 2.24) is 4.90 Å². The van der Waals surface area contributed by atoms with E-state index in [0.29, 0.717) is 0 Å². The van der Waals surface area contributed by atoms with Crippen molar-refractivity contribution in [2.75, 3.05) is 0 Å². The second-order valence-electron chi connectivity index (χ2n) is 4.71. The van der Waals surface area contributed by atoms with Crippen molar-refractivity contribution in [3.8, 4) is 0 Å². The van der Waals surface area contributed by atoms with Crippen LogP contribution in [0.5, 0.6) is 0 Å². The fourth-order valence-corrected chi connectivity index (χ4v) is 2.79. The summed E-state index contributed by atoms with van der Waals surface area (Å²) in [5.41, 5.74) is -0.218. The molecule has 2 rings (SSSR count). The van der Waals surface area contributed by atoms with Crippen LogP contribution in [0.3, 0.4) is 0 Å². The minimum Gasteiger partial charge on any atom is -0.480 e. The van der Waals surface area contributed by atoms with E-state index >= 15 is 0 Å². The monoisotopic (exact) mass is 363 g/mol. The van der Waals surface area contributed by atoms with E-state index in [1.54, 1.807) is 0 Å². The highest BCUT2D eigenvalue weighted by atomic mass is 79.9. The summed E-state index contributed by atoms with van der Waals surface area (Å²) in [6, 6.07) is 1.40. The highest BCUT2D eigenvalue weighted by Gasteiger charge is 2.39. The first-order valence-corrected chi connectivity index (χ1v) is 7.20. The van der Waals surface area contributed by atoms with Crippen molar-refractivity contribution >= 4 is 39.4 Å². The number of halogens is 3. The molecule has 1 amide bonds. The number of carbonyl (C=O) groups is 2. The molecule has 1 saturated carbocycles. The summed E-state index contributed by atoms with van der Waals surface area (Å²) in [6.45, 7) is 1.41. The first kappa shape index (κ1) is 15.3. The van der Waals surface area contributed by atoms with Gasteiger partial charge in [-0.15, -0.1) is 0 Å². The standard InChI is InChI=1S/C13H12BrClFNO3/c1-6(13(19)20)17(8-2-3-8)12(18)9-4-7(15)5-10(14)11(9)16/h4-6,8H,2-3H2,1H3,(H,19,20). The van der Waals surface area contributed by atoms with E-state index in [9.17, 15) is 14.0 Å². The maximum atomic E-state index is 14.0. The first-order valence-electron chi connectivity index (χ1n) is 6.03. The van der Waals surface area contributed by atoms with Gasteiger partial charge in [0, 0.05) is 11.1 Å². The van der Waals surface area contributed by atoms with Crippen molar-refractivity contribution < 1.29 is 19.1 Å². The molecule has 1 aliphatic carbocycles. The van der Waals surface area contributed by atoms with Gasteiger partial charge in [-0.05, 0) is 47.8 Å². The van der Waals surface area contributed by atoms with Gasteiger partial charge in [-0.2, -0.15) is 0 Å². The molecule has 0 aliphatic heterocycles. The zero-order chi connectivity index (χ0) is 15.0. The quantitative estimate of drug-likeness (QED) is 0.834. The number of amides is 1. The van der Waals surface area contributed by atoms with Crippen LogP contribution in [0.15, 0.2) is 16.6 Å². The Morgan fingerprint density at radius 2 is 2.10 bits per heavy atom. The van der Waals surface area contributed by atoms with E-state index in [1.807, 2.05) is 0 Å². The van der Waals surface area contributed by atoms with Crippen molar-refractivity contribution in [3.63, 3.8) is 0 Å². The number of rotatable bonds is 4. The van der Waals surface area contributed by atoms with E-state index < -0.39 is 23.7 Å². The minimum absolute atomic E-state index is 0.0760. The average molecular weight is 365 g/mol. The molecule has 1 atom stereocenters. The van der Waals surface area contributed by atoms with E-state index in [2.05, 4.69) is 15.9 Å². The van der Waals surface area contributed by atoms with Crippen LogP contribution < -0.4 is 0 Å². The summed E-state index contributed by atoms with van der Waals surface area (Å²) in [5, 5.41) is 9.29. The highest BCUT2D eigenvalue weighted by Crippen LogP contribution is 2.32. The SMILES string of the molecule is CC(C(=O)O)N(C(=O)c1cc(Cl)cc(Br)c1F)C1CC1. The van der Waals surface area contributed by atoms with Crippen LogP contribution in [0.2, 0.25) is 5.02 Å². The van der Waals surface area contributed by atoms with Crippen LogP contribution in [0.1, 0.15) is 30.1 Å². The number of nitrogens with zero attached hydrogens (tertiary/aromatic N) is 1. The Hall–Kier alpha value is -1.14. The number of carboxylic acids is 1. The number of carbonyl (C=O) groups excluding carboxylic acids is 1. The van der Waals surface area contributed by atoms with Gasteiger partial charge in [0.1, 0.15) is 11.9 Å².